The SMILES string of the molecule is COC(=O)c1cc(O)c(Nc2ccccc2)cc1C(=O)OC. The number of carbonyl (C=O) groups excluding carboxylic acids is 2. The first-order valence-electron chi connectivity index (χ1n) is 6.42. The van der Waals surface area contributed by atoms with Crippen molar-refractivity contribution in [3.63, 3.8) is 0 Å². The number of rotatable bonds is 4. The van der Waals surface area contributed by atoms with Crippen LogP contribution in [0.5, 0.6) is 5.75 Å². The number of benzene rings is 2. The van der Waals surface area contributed by atoms with Gasteiger partial charge in [-0.05, 0) is 24.3 Å². The van der Waals surface area contributed by atoms with E-state index in [9.17, 15) is 14.7 Å². The molecule has 6 nitrogen and oxygen atoms in total. The molecule has 2 rings (SSSR count). The van der Waals surface area contributed by atoms with Gasteiger partial charge in [0, 0.05) is 5.69 Å². The summed E-state index contributed by atoms with van der Waals surface area (Å²) in [6.07, 6.45) is 0. The van der Waals surface area contributed by atoms with Crippen LogP contribution in [0.25, 0.3) is 0 Å². The molecule has 0 aliphatic rings. The van der Waals surface area contributed by atoms with Gasteiger partial charge in [0.1, 0.15) is 5.75 Å². The van der Waals surface area contributed by atoms with E-state index in [2.05, 4.69) is 14.8 Å². The summed E-state index contributed by atoms with van der Waals surface area (Å²) in [5.41, 5.74) is 0.940. The maximum Gasteiger partial charge on any atom is 0.338 e. The lowest BCUT2D eigenvalue weighted by atomic mass is 10.1. The topological polar surface area (TPSA) is 84.9 Å². The average Bonchev–Trinajstić information content (AvgIpc) is 2.55. The number of para-hydroxylation sites is 1. The van der Waals surface area contributed by atoms with Crippen molar-refractivity contribution in [1.29, 1.82) is 0 Å². The fourth-order valence-corrected chi connectivity index (χ4v) is 1.92. The molecule has 0 bridgehead atoms. The summed E-state index contributed by atoms with van der Waals surface area (Å²) in [6, 6.07) is 11.6. The molecule has 0 saturated carbocycles. The van der Waals surface area contributed by atoms with Crippen LogP contribution in [0.1, 0.15) is 20.7 Å². The Kier molecular flexibility index (Phi) is 4.63. The number of phenols is 1. The number of nitrogens with one attached hydrogen (secondary N) is 1. The zero-order valence-electron chi connectivity index (χ0n) is 12.1. The quantitative estimate of drug-likeness (QED) is 0.667. The van der Waals surface area contributed by atoms with E-state index in [1.54, 1.807) is 12.1 Å². The van der Waals surface area contributed by atoms with Crippen LogP contribution in [0.2, 0.25) is 0 Å². The van der Waals surface area contributed by atoms with Gasteiger partial charge >= 0.3 is 11.9 Å². The molecule has 2 aromatic carbocycles. The maximum atomic E-state index is 11.8. The van der Waals surface area contributed by atoms with Gasteiger partial charge in [0.05, 0.1) is 31.0 Å². The third-order valence-electron chi connectivity index (χ3n) is 3.00. The molecule has 0 unspecified atom stereocenters. The molecule has 0 amide bonds. The van der Waals surface area contributed by atoms with E-state index in [0.717, 1.165) is 5.69 Å². The number of phenolic OH excluding ortho intramolecular Hbond substituents is 1. The lowest BCUT2D eigenvalue weighted by Gasteiger charge is -2.13. The Balaban J connectivity index is 2.48. The highest BCUT2D eigenvalue weighted by Crippen LogP contribution is 2.31. The third kappa shape index (κ3) is 3.17. The van der Waals surface area contributed by atoms with Crippen LogP contribution in [-0.2, 0) is 9.47 Å². The Morgan fingerprint density at radius 1 is 0.955 bits per heavy atom. The predicted octanol–water partition coefficient (Wildman–Crippen LogP) is 2.71. The second kappa shape index (κ2) is 6.62. The molecule has 6 heteroatoms. The minimum atomic E-state index is -0.734. The minimum Gasteiger partial charge on any atom is -0.506 e. The van der Waals surface area contributed by atoms with Crippen LogP contribution in [0.3, 0.4) is 0 Å². The summed E-state index contributed by atoms with van der Waals surface area (Å²) in [7, 11) is 2.40. The zero-order chi connectivity index (χ0) is 16.1. The molecular formula is C16H15NO5. The second-order valence-electron chi connectivity index (χ2n) is 4.39. The molecule has 0 aromatic heterocycles. The highest BCUT2D eigenvalue weighted by molar-refractivity contribution is 6.04. The van der Waals surface area contributed by atoms with Gasteiger partial charge in [-0.3, -0.25) is 0 Å². The number of methoxy groups -OCH3 is 2. The van der Waals surface area contributed by atoms with E-state index in [4.69, 9.17) is 0 Å². The van der Waals surface area contributed by atoms with E-state index in [1.807, 2.05) is 18.2 Å². The van der Waals surface area contributed by atoms with Gasteiger partial charge in [0.15, 0.2) is 0 Å². The summed E-state index contributed by atoms with van der Waals surface area (Å²) in [4.78, 5) is 23.5. The van der Waals surface area contributed by atoms with E-state index in [-0.39, 0.29) is 22.6 Å². The molecule has 22 heavy (non-hydrogen) atoms. The molecule has 114 valence electrons. The molecule has 0 spiro atoms. The number of aromatic hydroxyl groups is 1. The highest BCUT2D eigenvalue weighted by atomic mass is 16.5. The van der Waals surface area contributed by atoms with Gasteiger partial charge in [-0.2, -0.15) is 0 Å². The van der Waals surface area contributed by atoms with Crippen molar-refractivity contribution < 1.29 is 24.2 Å². The standard InChI is InChI=1S/C16H15NO5/c1-21-15(19)11-8-13(17-10-6-4-3-5-7-10)14(18)9-12(11)16(20)22-2/h3-9,17-18H,1-2H3. The fourth-order valence-electron chi connectivity index (χ4n) is 1.92. The van der Waals surface area contributed by atoms with E-state index in [1.165, 1.54) is 26.4 Å². The predicted molar refractivity (Wildman–Crippen MR) is 80.5 cm³/mol. The number of anilines is 2. The van der Waals surface area contributed by atoms with Crippen molar-refractivity contribution >= 4 is 23.3 Å². The largest absolute Gasteiger partial charge is 0.506 e. The first kappa shape index (κ1) is 15.4. The summed E-state index contributed by atoms with van der Waals surface area (Å²) >= 11 is 0. The summed E-state index contributed by atoms with van der Waals surface area (Å²) in [6.45, 7) is 0. The van der Waals surface area contributed by atoms with Gasteiger partial charge in [-0.15, -0.1) is 0 Å². The van der Waals surface area contributed by atoms with Gasteiger partial charge in [0.25, 0.3) is 0 Å². The smallest absolute Gasteiger partial charge is 0.338 e. The van der Waals surface area contributed by atoms with E-state index < -0.39 is 11.9 Å². The lowest BCUT2D eigenvalue weighted by Crippen LogP contribution is -2.12. The molecule has 2 N–H and O–H groups in total. The molecule has 0 radical (unpaired) electrons. The molecule has 0 atom stereocenters. The molecule has 2 aromatic rings. The molecule has 0 fully saturated rings. The Hall–Kier alpha value is -3.02. The minimum absolute atomic E-state index is 0.00517. The van der Waals surface area contributed by atoms with E-state index >= 15 is 0 Å². The fraction of sp³-hybridized carbons (Fsp3) is 0.125. The Bertz CT molecular complexity index is 697. The van der Waals surface area contributed by atoms with Crippen LogP contribution in [0, 0.1) is 0 Å². The number of ether oxygens (including phenoxy) is 2. The molecule has 0 aliphatic heterocycles. The van der Waals surface area contributed by atoms with Gasteiger partial charge < -0.3 is 19.9 Å². The van der Waals surface area contributed by atoms with Gasteiger partial charge in [-0.25, -0.2) is 9.59 Å². The van der Waals surface area contributed by atoms with Crippen molar-refractivity contribution in [1.82, 2.24) is 0 Å². The summed E-state index contributed by atoms with van der Waals surface area (Å²) < 4.78 is 9.27. The summed E-state index contributed by atoms with van der Waals surface area (Å²) in [5, 5.41) is 13.0. The number of esters is 2. The van der Waals surface area contributed by atoms with Gasteiger partial charge in [-0.1, -0.05) is 18.2 Å². The first-order valence-corrected chi connectivity index (χ1v) is 6.42. The normalized spacial score (nSPS) is 9.91. The Morgan fingerprint density at radius 2 is 1.50 bits per heavy atom. The number of carbonyl (C=O) groups is 2. The van der Waals surface area contributed by atoms with Crippen LogP contribution >= 0.6 is 0 Å². The Labute approximate surface area is 127 Å². The number of hydrogen-bond acceptors (Lipinski definition) is 6. The molecule has 0 saturated heterocycles. The van der Waals surface area contributed by atoms with Gasteiger partial charge in [0.2, 0.25) is 0 Å². The average molecular weight is 301 g/mol. The maximum absolute atomic E-state index is 11.8. The van der Waals surface area contributed by atoms with Crippen molar-refractivity contribution in [2.24, 2.45) is 0 Å². The zero-order valence-corrected chi connectivity index (χ0v) is 12.1. The van der Waals surface area contributed by atoms with Crippen LogP contribution in [0.4, 0.5) is 11.4 Å². The van der Waals surface area contributed by atoms with Crippen LogP contribution < -0.4 is 5.32 Å². The van der Waals surface area contributed by atoms with Crippen molar-refractivity contribution in [3.8, 4) is 5.75 Å². The molecule has 0 heterocycles. The molecular weight excluding hydrogens is 286 g/mol. The summed E-state index contributed by atoms with van der Waals surface area (Å²) in [5.74, 6) is -1.62. The van der Waals surface area contributed by atoms with Crippen molar-refractivity contribution in [2.75, 3.05) is 19.5 Å². The monoisotopic (exact) mass is 301 g/mol. The van der Waals surface area contributed by atoms with Crippen molar-refractivity contribution in [3.05, 3.63) is 53.6 Å². The highest BCUT2D eigenvalue weighted by Gasteiger charge is 2.21. The first-order chi connectivity index (χ1) is 10.6. The van der Waals surface area contributed by atoms with E-state index in [0.29, 0.717) is 0 Å². The molecule has 0 aliphatic carbocycles. The van der Waals surface area contributed by atoms with Crippen LogP contribution in [-0.4, -0.2) is 31.3 Å². The van der Waals surface area contributed by atoms with Crippen LogP contribution in [0.15, 0.2) is 42.5 Å². The van der Waals surface area contributed by atoms with Crippen molar-refractivity contribution in [2.45, 2.75) is 0 Å². The lowest BCUT2D eigenvalue weighted by molar-refractivity contribution is 0.0555. The number of hydrogen-bond donors (Lipinski definition) is 2. The third-order valence-corrected chi connectivity index (χ3v) is 3.00. The Morgan fingerprint density at radius 3 is 2.05 bits per heavy atom. The second-order valence-corrected chi connectivity index (χ2v) is 4.39.